The molecule has 4 atom stereocenters. The van der Waals surface area contributed by atoms with Gasteiger partial charge in [0.2, 0.25) is 0 Å². The van der Waals surface area contributed by atoms with Crippen molar-refractivity contribution in [2.45, 2.75) is 25.7 Å². The molecule has 0 amide bonds. The summed E-state index contributed by atoms with van der Waals surface area (Å²) in [5.74, 6) is 3.20. The first-order valence-corrected chi connectivity index (χ1v) is 9.63. The Hall–Kier alpha value is -1.26. The molecule has 0 unspecified atom stereocenters. The third kappa shape index (κ3) is 2.34. The second-order valence-electron chi connectivity index (χ2n) is 7.74. The number of nitrogens with zero attached hydrogens (tertiary/aromatic N) is 3. The molecule has 0 bridgehead atoms. The molecule has 3 aliphatic rings. The molecule has 0 spiro atoms. The topological polar surface area (TPSA) is 28.5 Å². The molecule has 1 saturated carbocycles. The summed E-state index contributed by atoms with van der Waals surface area (Å²) in [6, 6.07) is 6.78. The molecule has 2 fully saturated rings. The van der Waals surface area contributed by atoms with E-state index in [1.165, 1.54) is 46.0 Å². The monoisotopic (exact) mass is 325 g/mol. The Morgan fingerprint density at radius 1 is 1.22 bits per heavy atom. The van der Waals surface area contributed by atoms with Gasteiger partial charge in [-0.15, -0.1) is 11.3 Å². The number of piperidine rings is 1. The summed E-state index contributed by atoms with van der Waals surface area (Å²) in [4.78, 5) is 12.2. The minimum Gasteiger partial charge on any atom is -0.306 e. The van der Waals surface area contributed by atoms with E-state index in [1.807, 2.05) is 11.3 Å². The molecule has 0 radical (unpaired) electrons. The zero-order valence-corrected chi connectivity index (χ0v) is 14.6. The van der Waals surface area contributed by atoms with E-state index in [0.717, 1.165) is 36.6 Å². The molecule has 2 aromatic rings. The molecule has 0 N–H and O–H groups in total. The Bertz CT molecular complexity index is 781. The van der Waals surface area contributed by atoms with Crippen molar-refractivity contribution >= 4 is 27.3 Å². The maximum absolute atomic E-state index is 5.00. The Labute approximate surface area is 141 Å². The maximum Gasteiger partial charge on any atom is 0.0976 e. The van der Waals surface area contributed by atoms with E-state index in [9.17, 15) is 0 Å². The molecule has 3 heterocycles. The number of fused-ring (bicyclic) bond motifs is 2. The summed E-state index contributed by atoms with van der Waals surface area (Å²) in [6.07, 6.45) is 2.38. The lowest BCUT2D eigenvalue weighted by atomic mass is 9.96. The summed E-state index contributed by atoms with van der Waals surface area (Å²) in [5, 5.41) is 1.37. The number of rotatable bonds is 2. The van der Waals surface area contributed by atoms with Crippen LogP contribution in [0.4, 0.5) is 0 Å². The highest BCUT2D eigenvalue weighted by atomic mass is 32.1. The van der Waals surface area contributed by atoms with Crippen molar-refractivity contribution < 1.29 is 0 Å². The van der Waals surface area contributed by atoms with Gasteiger partial charge in [-0.05, 0) is 55.3 Å². The van der Waals surface area contributed by atoms with Gasteiger partial charge in [-0.1, -0.05) is 13.0 Å². The van der Waals surface area contributed by atoms with Crippen molar-refractivity contribution in [3.05, 3.63) is 28.8 Å². The molecule has 120 valence electrons. The summed E-state index contributed by atoms with van der Waals surface area (Å²) in [7, 11) is 2.24. The van der Waals surface area contributed by atoms with E-state index in [4.69, 9.17) is 9.98 Å². The Morgan fingerprint density at radius 3 is 2.78 bits per heavy atom. The molecule has 23 heavy (non-hydrogen) atoms. The Balaban J connectivity index is 1.43. The number of likely N-dealkylation sites (tertiary alicyclic amines) is 1. The van der Waals surface area contributed by atoms with E-state index in [1.54, 1.807) is 0 Å². The van der Waals surface area contributed by atoms with Gasteiger partial charge in [-0.3, -0.25) is 4.99 Å². The molecule has 2 aliphatic heterocycles. The van der Waals surface area contributed by atoms with Gasteiger partial charge in [0, 0.05) is 31.3 Å². The summed E-state index contributed by atoms with van der Waals surface area (Å²) in [5.41, 5.74) is 3.75. The zero-order valence-electron chi connectivity index (χ0n) is 13.8. The van der Waals surface area contributed by atoms with Crippen molar-refractivity contribution in [3.8, 4) is 0 Å². The normalized spacial score (nSPS) is 33.7. The lowest BCUT2D eigenvalue weighted by Gasteiger charge is -2.17. The van der Waals surface area contributed by atoms with Crippen LogP contribution in [0.2, 0.25) is 0 Å². The van der Waals surface area contributed by atoms with Crippen molar-refractivity contribution in [2.24, 2.45) is 22.7 Å². The summed E-state index contributed by atoms with van der Waals surface area (Å²) >= 11 is 1.91. The van der Waals surface area contributed by atoms with Gasteiger partial charge in [0.15, 0.2) is 0 Å². The highest BCUT2D eigenvalue weighted by molar-refractivity contribution is 7.18. The second-order valence-corrected chi connectivity index (χ2v) is 8.80. The molecular weight excluding hydrogens is 302 g/mol. The lowest BCUT2D eigenvalue weighted by molar-refractivity contribution is 0.362. The van der Waals surface area contributed by atoms with Crippen LogP contribution in [0.25, 0.3) is 10.2 Å². The van der Waals surface area contributed by atoms with Crippen LogP contribution >= 0.6 is 11.3 Å². The van der Waals surface area contributed by atoms with Crippen molar-refractivity contribution in [3.63, 3.8) is 0 Å². The number of hydrogen-bond acceptors (Lipinski definition) is 4. The number of aromatic nitrogens is 1. The summed E-state index contributed by atoms with van der Waals surface area (Å²) < 4.78 is 1.34. The number of aliphatic imine (C=N–C) groups is 1. The largest absolute Gasteiger partial charge is 0.306 e. The van der Waals surface area contributed by atoms with Crippen LogP contribution in [0.5, 0.6) is 0 Å². The second kappa shape index (κ2) is 5.12. The highest BCUT2D eigenvalue weighted by Crippen LogP contribution is 2.58. The van der Waals surface area contributed by atoms with Crippen LogP contribution < -0.4 is 0 Å². The van der Waals surface area contributed by atoms with E-state index >= 15 is 0 Å². The van der Waals surface area contributed by atoms with Crippen LogP contribution in [0.3, 0.4) is 0 Å². The van der Waals surface area contributed by atoms with Gasteiger partial charge in [-0.25, -0.2) is 4.98 Å². The van der Waals surface area contributed by atoms with Crippen LogP contribution in [-0.2, 0) is 0 Å². The third-order valence-electron chi connectivity index (χ3n) is 5.87. The van der Waals surface area contributed by atoms with Gasteiger partial charge in [0.05, 0.1) is 15.2 Å². The van der Waals surface area contributed by atoms with Crippen LogP contribution in [0.15, 0.2) is 23.2 Å². The van der Waals surface area contributed by atoms with Crippen LogP contribution in [0, 0.1) is 17.8 Å². The number of thiazole rings is 1. The van der Waals surface area contributed by atoms with E-state index in [2.05, 4.69) is 37.1 Å². The van der Waals surface area contributed by atoms with Gasteiger partial charge in [0.1, 0.15) is 0 Å². The molecule has 1 aromatic heterocycles. The lowest BCUT2D eigenvalue weighted by Crippen LogP contribution is -2.18. The van der Waals surface area contributed by atoms with Crippen LogP contribution in [-0.4, -0.2) is 42.3 Å². The quantitative estimate of drug-likeness (QED) is 0.840. The summed E-state index contributed by atoms with van der Waals surface area (Å²) in [6.45, 7) is 5.78. The van der Waals surface area contributed by atoms with Gasteiger partial charge < -0.3 is 4.90 Å². The standard InChI is InChI=1S/C19H23N3S/c1-11-3-5-15(20-8-11)12-4-6-17-16(7-12)21-19(23-17)18-13-9-22(2)10-14(13)18/h4,6-7,11,13-14,18H,3,5,8-10H2,1-2H3/t11-,13-,14+,18-/m0/s1. The van der Waals surface area contributed by atoms with Gasteiger partial charge in [-0.2, -0.15) is 0 Å². The smallest absolute Gasteiger partial charge is 0.0976 e. The first-order valence-electron chi connectivity index (χ1n) is 8.82. The van der Waals surface area contributed by atoms with E-state index in [0.29, 0.717) is 0 Å². The molecule has 3 nitrogen and oxygen atoms in total. The molecule has 4 heteroatoms. The van der Waals surface area contributed by atoms with E-state index in [-0.39, 0.29) is 0 Å². The number of benzene rings is 1. The Morgan fingerprint density at radius 2 is 2.04 bits per heavy atom. The molecular formula is C19H23N3S. The minimum absolute atomic E-state index is 0.736. The average Bonchev–Trinajstić information content (AvgIpc) is 2.90. The van der Waals surface area contributed by atoms with Crippen molar-refractivity contribution in [1.29, 1.82) is 0 Å². The van der Waals surface area contributed by atoms with Crippen LogP contribution in [0.1, 0.15) is 36.3 Å². The van der Waals surface area contributed by atoms with Gasteiger partial charge in [0.25, 0.3) is 0 Å². The fourth-order valence-electron chi connectivity index (χ4n) is 4.43. The molecule has 5 rings (SSSR count). The third-order valence-corrected chi connectivity index (χ3v) is 7.00. The first-order chi connectivity index (χ1) is 11.2. The van der Waals surface area contributed by atoms with Gasteiger partial charge >= 0.3 is 0 Å². The molecule has 1 aromatic carbocycles. The average molecular weight is 325 g/mol. The Kier molecular flexibility index (Phi) is 3.14. The minimum atomic E-state index is 0.736. The highest BCUT2D eigenvalue weighted by Gasteiger charge is 2.56. The fraction of sp³-hybridized carbons (Fsp3) is 0.579. The zero-order chi connectivity index (χ0) is 15.6. The first kappa shape index (κ1) is 14.1. The fourth-order valence-corrected chi connectivity index (χ4v) is 5.63. The number of hydrogen-bond donors (Lipinski definition) is 0. The van der Waals surface area contributed by atoms with E-state index < -0.39 is 0 Å². The molecule has 1 aliphatic carbocycles. The SMILES string of the molecule is C[C@H]1CCC(c2ccc3sc([C@@H]4[C@@H]5CN(C)C[C@@H]54)nc3c2)=NC1. The van der Waals surface area contributed by atoms with Crippen molar-refractivity contribution in [2.75, 3.05) is 26.7 Å². The molecule has 1 saturated heterocycles. The maximum atomic E-state index is 5.00. The predicted octanol–water partition coefficient (Wildman–Crippen LogP) is 3.79. The predicted molar refractivity (Wildman–Crippen MR) is 96.6 cm³/mol. The van der Waals surface area contributed by atoms with Crippen molar-refractivity contribution in [1.82, 2.24) is 9.88 Å².